The van der Waals surface area contributed by atoms with Crippen molar-refractivity contribution < 1.29 is 15.0 Å². The maximum Gasteiger partial charge on any atom is 0.280 e. The third-order valence-corrected chi connectivity index (χ3v) is 4.52. The molecule has 0 saturated carbocycles. The zero-order chi connectivity index (χ0) is 20.4. The van der Waals surface area contributed by atoms with Gasteiger partial charge in [-0.3, -0.25) is 14.2 Å². The van der Waals surface area contributed by atoms with Crippen molar-refractivity contribution in [2.45, 2.75) is 20.4 Å². The molecule has 28 heavy (non-hydrogen) atoms. The lowest BCUT2D eigenvalue weighted by Crippen LogP contribution is -2.26. The molecule has 8 nitrogen and oxygen atoms in total. The van der Waals surface area contributed by atoms with Gasteiger partial charge in [0.05, 0.1) is 30.1 Å². The number of nitriles is 1. The van der Waals surface area contributed by atoms with Crippen LogP contribution in [0.15, 0.2) is 45.8 Å². The summed E-state index contributed by atoms with van der Waals surface area (Å²) in [6, 6.07) is 10.7. The molecule has 8 heteroatoms. The average Bonchev–Trinajstić information content (AvgIpc) is 2.97. The summed E-state index contributed by atoms with van der Waals surface area (Å²) in [6.07, 6.45) is 1.42. The van der Waals surface area contributed by atoms with Crippen LogP contribution in [0.2, 0.25) is 0 Å². The topological polar surface area (TPSA) is 119 Å². The van der Waals surface area contributed by atoms with Crippen LogP contribution in [0.5, 0.6) is 5.88 Å². The molecule has 142 valence electrons. The molecular formula is C20H18N4O4. The van der Waals surface area contributed by atoms with Gasteiger partial charge in [0.2, 0.25) is 5.88 Å². The second-order valence-electron chi connectivity index (χ2n) is 6.23. The first-order chi connectivity index (χ1) is 13.4. The average molecular weight is 378 g/mol. The largest absolute Gasteiger partial charge is 0.494 e. The molecule has 1 aliphatic heterocycles. The van der Waals surface area contributed by atoms with Crippen LogP contribution in [0.25, 0.3) is 6.08 Å². The number of aliphatic hydroxyl groups is 1. The van der Waals surface area contributed by atoms with Gasteiger partial charge in [0.1, 0.15) is 11.6 Å². The second kappa shape index (κ2) is 7.50. The van der Waals surface area contributed by atoms with Gasteiger partial charge in [-0.25, -0.2) is 0 Å². The first kappa shape index (κ1) is 19.1. The highest BCUT2D eigenvalue weighted by Gasteiger charge is 2.30. The number of aliphatic hydroxyl groups excluding tert-OH is 1. The number of hydrogen-bond acceptors (Lipinski definition) is 6. The minimum atomic E-state index is -0.692. The van der Waals surface area contributed by atoms with Crippen LogP contribution in [0, 0.1) is 18.3 Å². The van der Waals surface area contributed by atoms with Crippen LogP contribution < -0.4 is 10.6 Å². The van der Waals surface area contributed by atoms with Gasteiger partial charge in [0.25, 0.3) is 11.5 Å². The Morgan fingerprint density at radius 3 is 2.50 bits per heavy atom. The lowest BCUT2D eigenvalue weighted by atomic mass is 10.0. The number of hydrogen-bond donors (Lipinski definition) is 2. The van der Waals surface area contributed by atoms with Gasteiger partial charge in [-0.15, -0.1) is 0 Å². The molecule has 0 atom stereocenters. The minimum Gasteiger partial charge on any atom is -0.494 e. The van der Waals surface area contributed by atoms with Crippen LogP contribution in [-0.2, 0) is 11.3 Å². The Hall–Kier alpha value is -3.70. The summed E-state index contributed by atoms with van der Waals surface area (Å²) < 4.78 is 0.915. The van der Waals surface area contributed by atoms with E-state index in [1.54, 1.807) is 31.2 Å². The number of para-hydroxylation sites is 1. The maximum atomic E-state index is 12.9. The molecule has 0 spiro atoms. The Morgan fingerprint density at radius 1 is 1.21 bits per heavy atom. The summed E-state index contributed by atoms with van der Waals surface area (Å²) in [4.78, 5) is 25.2. The van der Waals surface area contributed by atoms with E-state index in [1.165, 1.54) is 18.0 Å². The number of aromatic nitrogens is 1. The van der Waals surface area contributed by atoms with E-state index < -0.39 is 18.0 Å². The number of nitrogens with zero attached hydrogens (tertiary/aromatic N) is 4. The van der Waals surface area contributed by atoms with Crippen LogP contribution >= 0.6 is 0 Å². The molecule has 1 aromatic heterocycles. The summed E-state index contributed by atoms with van der Waals surface area (Å²) in [6.45, 7) is 2.62. The number of rotatable bonds is 4. The molecular weight excluding hydrogens is 360 g/mol. The molecule has 1 amide bonds. The van der Waals surface area contributed by atoms with Crippen LogP contribution in [0.1, 0.15) is 23.6 Å². The summed E-state index contributed by atoms with van der Waals surface area (Å²) in [5, 5.41) is 34.6. The van der Waals surface area contributed by atoms with E-state index in [-0.39, 0.29) is 34.7 Å². The monoisotopic (exact) mass is 378 g/mol. The third-order valence-electron chi connectivity index (χ3n) is 4.52. The van der Waals surface area contributed by atoms with Gasteiger partial charge in [-0.1, -0.05) is 18.2 Å². The van der Waals surface area contributed by atoms with E-state index in [4.69, 9.17) is 0 Å². The van der Waals surface area contributed by atoms with Gasteiger partial charge in [-0.2, -0.15) is 15.4 Å². The van der Waals surface area contributed by atoms with Gasteiger partial charge in [0, 0.05) is 5.56 Å². The van der Waals surface area contributed by atoms with Crippen molar-refractivity contribution in [2.75, 3.05) is 11.6 Å². The lowest BCUT2D eigenvalue weighted by molar-refractivity contribution is -0.114. The maximum absolute atomic E-state index is 12.9. The SMILES string of the molecule is CC1=NN(c2ccccc2)C(=O)C1=Cc1c(C)c(C#N)c(=O)n(CCO)c1O. The number of benzene rings is 1. The van der Waals surface area contributed by atoms with Crippen molar-refractivity contribution in [3.8, 4) is 11.9 Å². The number of hydrazone groups is 1. The highest BCUT2D eigenvalue weighted by atomic mass is 16.3. The Morgan fingerprint density at radius 2 is 1.89 bits per heavy atom. The first-order valence-corrected chi connectivity index (χ1v) is 8.54. The number of aromatic hydroxyl groups is 1. The van der Waals surface area contributed by atoms with Crippen LogP contribution in [0.3, 0.4) is 0 Å². The number of carbonyl (C=O) groups is 1. The fraction of sp³-hybridized carbons (Fsp3) is 0.200. The fourth-order valence-corrected chi connectivity index (χ4v) is 3.02. The molecule has 3 rings (SSSR count). The van der Waals surface area contributed by atoms with Gasteiger partial charge >= 0.3 is 0 Å². The smallest absolute Gasteiger partial charge is 0.280 e. The molecule has 0 saturated heterocycles. The number of anilines is 1. The van der Waals surface area contributed by atoms with E-state index in [9.17, 15) is 25.1 Å². The second-order valence-corrected chi connectivity index (χ2v) is 6.23. The standard InChI is InChI=1S/C20H18N4O4/c1-12-15(18(26)23(8-9-25)19(27)17(12)11-21)10-16-13(2)22-24(20(16)28)14-6-4-3-5-7-14/h3-7,10,25-26H,8-9H2,1-2H3. The highest BCUT2D eigenvalue weighted by Crippen LogP contribution is 2.29. The lowest BCUT2D eigenvalue weighted by Gasteiger charge is -2.14. The molecule has 0 radical (unpaired) electrons. The zero-order valence-corrected chi connectivity index (χ0v) is 15.4. The summed E-state index contributed by atoms with van der Waals surface area (Å²) in [5.41, 5.74) is 0.842. The van der Waals surface area contributed by atoms with Crippen LogP contribution in [0.4, 0.5) is 5.69 Å². The van der Waals surface area contributed by atoms with E-state index in [0.29, 0.717) is 11.4 Å². The van der Waals surface area contributed by atoms with Crippen molar-refractivity contribution in [1.29, 1.82) is 5.26 Å². The molecule has 0 bridgehead atoms. The predicted molar refractivity (Wildman–Crippen MR) is 104 cm³/mol. The van der Waals surface area contributed by atoms with E-state index in [2.05, 4.69) is 5.10 Å². The molecule has 0 fully saturated rings. The van der Waals surface area contributed by atoms with Crippen molar-refractivity contribution in [1.82, 2.24) is 4.57 Å². The summed E-state index contributed by atoms with van der Waals surface area (Å²) in [7, 11) is 0. The van der Waals surface area contributed by atoms with Crippen molar-refractivity contribution in [2.24, 2.45) is 5.10 Å². The highest BCUT2D eigenvalue weighted by molar-refractivity contribution is 6.32. The molecule has 2 aromatic rings. The quantitative estimate of drug-likeness (QED) is 0.782. The van der Waals surface area contributed by atoms with E-state index >= 15 is 0 Å². The summed E-state index contributed by atoms with van der Waals surface area (Å²) in [5.74, 6) is -0.803. The first-order valence-electron chi connectivity index (χ1n) is 8.54. The van der Waals surface area contributed by atoms with Gasteiger partial charge < -0.3 is 10.2 Å². The fourth-order valence-electron chi connectivity index (χ4n) is 3.02. The summed E-state index contributed by atoms with van der Waals surface area (Å²) >= 11 is 0. The van der Waals surface area contributed by atoms with Gasteiger partial charge in [0.15, 0.2) is 0 Å². The number of pyridine rings is 1. The number of carbonyl (C=O) groups excluding carboxylic acids is 1. The Balaban J connectivity index is 2.16. The normalized spacial score (nSPS) is 15.1. The Kier molecular flexibility index (Phi) is 5.11. The molecule has 0 aliphatic carbocycles. The van der Waals surface area contributed by atoms with Crippen molar-refractivity contribution >= 4 is 23.4 Å². The van der Waals surface area contributed by atoms with Crippen molar-refractivity contribution in [3.63, 3.8) is 0 Å². The molecule has 0 unspecified atom stereocenters. The molecule has 2 N–H and O–H groups in total. The van der Waals surface area contributed by atoms with Crippen molar-refractivity contribution in [3.05, 3.63) is 62.9 Å². The Bertz CT molecular complexity index is 1110. The van der Waals surface area contributed by atoms with Crippen LogP contribution in [-0.4, -0.2) is 33.0 Å². The molecule has 1 aromatic carbocycles. The third kappa shape index (κ3) is 3.08. The molecule has 2 heterocycles. The van der Waals surface area contributed by atoms with Gasteiger partial charge in [-0.05, 0) is 37.6 Å². The van der Waals surface area contributed by atoms with E-state index in [1.807, 2.05) is 12.1 Å². The minimum absolute atomic E-state index is 0.155. The Labute approximate surface area is 160 Å². The predicted octanol–water partition coefficient (Wildman–Crippen LogP) is 1.53. The zero-order valence-electron chi connectivity index (χ0n) is 15.4. The molecule has 1 aliphatic rings. The number of amides is 1. The van der Waals surface area contributed by atoms with E-state index in [0.717, 1.165) is 4.57 Å².